The normalized spacial score (nSPS) is 10.8. The fourth-order valence-corrected chi connectivity index (χ4v) is 2.85. The van der Waals surface area contributed by atoms with Gasteiger partial charge < -0.3 is 4.42 Å². The quantitative estimate of drug-likeness (QED) is 0.823. The number of hydrogen-bond acceptors (Lipinski definition) is 6. The summed E-state index contributed by atoms with van der Waals surface area (Å²) in [7, 11) is 0. The molecule has 0 bridgehead atoms. The summed E-state index contributed by atoms with van der Waals surface area (Å²) in [6.07, 6.45) is 1.92. The fourth-order valence-electron chi connectivity index (χ4n) is 1.11. The molecule has 0 amide bonds. The highest BCUT2D eigenvalue weighted by atomic mass is 32.2. The van der Waals surface area contributed by atoms with Gasteiger partial charge in [0.15, 0.2) is 0 Å². The Morgan fingerprint density at radius 1 is 1.33 bits per heavy atom. The molecule has 0 fully saturated rings. The van der Waals surface area contributed by atoms with Gasteiger partial charge in [0.25, 0.3) is 0 Å². The second-order valence-corrected chi connectivity index (χ2v) is 5.36. The molecule has 0 aliphatic heterocycles. The van der Waals surface area contributed by atoms with Crippen molar-refractivity contribution in [3.8, 4) is 0 Å². The minimum absolute atomic E-state index is 0.624. The first-order valence-corrected chi connectivity index (χ1v) is 6.49. The maximum atomic E-state index is 5.27. The summed E-state index contributed by atoms with van der Waals surface area (Å²) in [4.78, 5) is 5.49. The Kier molecular flexibility index (Phi) is 3.37. The van der Waals surface area contributed by atoms with E-state index in [0.29, 0.717) is 11.8 Å². The molecule has 80 valence electrons. The van der Waals surface area contributed by atoms with Crippen LogP contribution in [0.1, 0.15) is 21.7 Å². The summed E-state index contributed by atoms with van der Waals surface area (Å²) < 4.78 is 5.27. The Morgan fingerprint density at radius 3 is 2.80 bits per heavy atom. The molecule has 0 N–H and O–H groups in total. The van der Waals surface area contributed by atoms with Gasteiger partial charge in [0.2, 0.25) is 11.8 Å². The molecule has 0 saturated heterocycles. The third kappa shape index (κ3) is 3.04. The van der Waals surface area contributed by atoms with Crippen LogP contribution < -0.4 is 0 Å². The number of nitrogens with zero attached hydrogens (tertiary/aromatic N) is 3. The summed E-state index contributed by atoms with van der Waals surface area (Å²) in [5, 5.41) is 8.82. The smallest absolute Gasteiger partial charge is 0.226 e. The monoisotopic (exact) mass is 241 g/mol. The van der Waals surface area contributed by atoms with E-state index in [1.807, 2.05) is 13.1 Å². The van der Waals surface area contributed by atoms with Crippen LogP contribution in [0, 0.1) is 13.8 Å². The third-order valence-electron chi connectivity index (χ3n) is 1.71. The van der Waals surface area contributed by atoms with Gasteiger partial charge in [-0.2, -0.15) is 0 Å². The van der Waals surface area contributed by atoms with Crippen molar-refractivity contribution in [2.75, 3.05) is 0 Å². The highest BCUT2D eigenvalue weighted by molar-refractivity contribution is 7.97. The molecule has 0 saturated carbocycles. The van der Waals surface area contributed by atoms with Crippen molar-refractivity contribution in [1.82, 2.24) is 15.2 Å². The standard InChI is InChI=1S/C9H11N3OS2/c1-6-11-12-9(13-6)5-14-4-8-3-10-7(2)15-8/h3H,4-5H2,1-2H3. The molecular weight excluding hydrogens is 230 g/mol. The molecule has 6 heteroatoms. The summed E-state index contributed by atoms with van der Waals surface area (Å²) >= 11 is 3.49. The molecule has 0 atom stereocenters. The van der Waals surface area contributed by atoms with E-state index >= 15 is 0 Å². The molecule has 0 aliphatic carbocycles. The molecule has 2 rings (SSSR count). The lowest BCUT2D eigenvalue weighted by atomic mass is 10.6. The van der Waals surface area contributed by atoms with Gasteiger partial charge >= 0.3 is 0 Å². The molecule has 0 radical (unpaired) electrons. The van der Waals surface area contributed by atoms with Crippen LogP contribution in [0.3, 0.4) is 0 Å². The van der Waals surface area contributed by atoms with E-state index in [0.717, 1.165) is 16.5 Å². The number of hydrogen-bond donors (Lipinski definition) is 0. The first-order chi connectivity index (χ1) is 7.24. The zero-order valence-electron chi connectivity index (χ0n) is 8.56. The van der Waals surface area contributed by atoms with Gasteiger partial charge in [0, 0.05) is 23.8 Å². The highest BCUT2D eigenvalue weighted by Gasteiger charge is 2.03. The molecule has 0 aliphatic rings. The second-order valence-electron chi connectivity index (χ2n) is 3.05. The van der Waals surface area contributed by atoms with Gasteiger partial charge in [0.1, 0.15) is 0 Å². The Bertz CT molecular complexity index is 398. The van der Waals surface area contributed by atoms with Gasteiger partial charge in [-0.1, -0.05) is 0 Å². The molecule has 2 heterocycles. The van der Waals surface area contributed by atoms with Crippen molar-refractivity contribution in [3.05, 3.63) is 27.9 Å². The zero-order valence-corrected chi connectivity index (χ0v) is 10.2. The molecular formula is C9H11N3OS2. The molecule has 2 aromatic rings. The SMILES string of the molecule is Cc1nnc(CSCc2cnc(C)s2)o1. The van der Waals surface area contributed by atoms with Crippen molar-refractivity contribution in [2.24, 2.45) is 0 Å². The van der Waals surface area contributed by atoms with Crippen LogP contribution in [0.2, 0.25) is 0 Å². The van der Waals surface area contributed by atoms with Crippen LogP contribution in [0.15, 0.2) is 10.6 Å². The van der Waals surface area contributed by atoms with Gasteiger partial charge in [-0.05, 0) is 6.92 Å². The Labute approximate surface area is 96.1 Å². The van der Waals surface area contributed by atoms with Crippen LogP contribution in [0.4, 0.5) is 0 Å². The fraction of sp³-hybridized carbons (Fsp3) is 0.444. The first kappa shape index (κ1) is 10.6. The minimum Gasteiger partial charge on any atom is -0.425 e. The Morgan fingerprint density at radius 2 is 2.20 bits per heavy atom. The van der Waals surface area contributed by atoms with E-state index in [4.69, 9.17) is 4.42 Å². The zero-order chi connectivity index (χ0) is 10.7. The molecule has 0 spiro atoms. The van der Waals surface area contributed by atoms with Crippen molar-refractivity contribution in [3.63, 3.8) is 0 Å². The average molecular weight is 241 g/mol. The maximum absolute atomic E-state index is 5.27. The number of rotatable bonds is 4. The number of thioether (sulfide) groups is 1. The van der Waals surface area contributed by atoms with E-state index < -0.39 is 0 Å². The predicted octanol–water partition coefficient (Wildman–Crippen LogP) is 2.58. The van der Waals surface area contributed by atoms with Crippen LogP contribution in [0.5, 0.6) is 0 Å². The maximum Gasteiger partial charge on any atom is 0.226 e. The third-order valence-corrected chi connectivity index (χ3v) is 3.77. The van der Waals surface area contributed by atoms with Gasteiger partial charge in [0.05, 0.1) is 10.8 Å². The first-order valence-electron chi connectivity index (χ1n) is 4.52. The molecule has 4 nitrogen and oxygen atoms in total. The van der Waals surface area contributed by atoms with Crippen molar-refractivity contribution in [2.45, 2.75) is 25.4 Å². The predicted molar refractivity (Wildman–Crippen MR) is 60.9 cm³/mol. The molecule has 0 unspecified atom stereocenters. The largest absolute Gasteiger partial charge is 0.425 e. The highest BCUT2D eigenvalue weighted by Crippen LogP contribution is 2.21. The van der Waals surface area contributed by atoms with Crippen LogP contribution >= 0.6 is 23.1 Å². The van der Waals surface area contributed by atoms with E-state index in [9.17, 15) is 0 Å². The van der Waals surface area contributed by atoms with E-state index in [1.54, 1.807) is 30.0 Å². The summed E-state index contributed by atoms with van der Waals surface area (Å²) in [5.41, 5.74) is 0. The number of thiazole rings is 1. The van der Waals surface area contributed by atoms with Crippen LogP contribution in [-0.4, -0.2) is 15.2 Å². The van der Waals surface area contributed by atoms with E-state index in [-0.39, 0.29) is 0 Å². The van der Waals surface area contributed by atoms with Gasteiger partial charge in [-0.15, -0.1) is 33.3 Å². The summed E-state index contributed by atoms with van der Waals surface area (Å²) in [6, 6.07) is 0. The molecule has 0 aromatic carbocycles. The van der Waals surface area contributed by atoms with Gasteiger partial charge in [-0.25, -0.2) is 4.98 Å². The Balaban J connectivity index is 1.80. The van der Waals surface area contributed by atoms with E-state index in [2.05, 4.69) is 15.2 Å². The lowest BCUT2D eigenvalue weighted by Gasteiger charge is -1.93. The Hall–Kier alpha value is -0.880. The minimum atomic E-state index is 0.624. The average Bonchev–Trinajstić information content (AvgIpc) is 2.76. The molecule has 2 aromatic heterocycles. The second kappa shape index (κ2) is 4.76. The van der Waals surface area contributed by atoms with Crippen LogP contribution in [-0.2, 0) is 11.5 Å². The van der Waals surface area contributed by atoms with E-state index in [1.165, 1.54) is 4.88 Å². The summed E-state index contributed by atoms with van der Waals surface area (Å²) in [5.74, 6) is 3.03. The lowest BCUT2D eigenvalue weighted by Crippen LogP contribution is -1.81. The number of aryl methyl sites for hydroxylation is 2. The topological polar surface area (TPSA) is 51.8 Å². The van der Waals surface area contributed by atoms with Crippen molar-refractivity contribution in [1.29, 1.82) is 0 Å². The molecule has 15 heavy (non-hydrogen) atoms. The van der Waals surface area contributed by atoms with Crippen molar-refractivity contribution < 1.29 is 4.42 Å². The lowest BCUT2D eigenvalue weighted by molar-refractivity contribution is 0.485. The van der Waals surface area contributed by atoms with Gasteiger partial charge in [-0.3, -0.25) is 0 Å². The van der Waals surface area contributed by atoms with Crippen LogP contribution in [0.25, 0.3) is 0 Å². The van der Waals surface area contributed by atoms with Crippen molar-refractivity contribution >= 4 is 23.1 Å². The summed E-state index contributed by atoms with van der Waals surface area (Å²) in [6.45, 7) is 3.81. The number of aromatic nitrogens is 3.